The quantitative estimate of drug-likeness (QED) is 0.577. The van der Waals surface area contributed by atoms with Crippen LogP contribution in [0.3, 0.4) is 0 Å². The van der Waals surface area contributed by atoms with Crippen molar-refractivity contribution in [3.8, 4) is 0 Å². The molecule has 0 unspecified atom stereocenters. The number of rotatable bonds is 11. The molecule has 1 aliphatic rings. The molecule has 1 aromatic carbocycles. The Morgan fingerprint density at radius 2 is 2.03 bits per heavy atom. The zero-order valence-electron chi connectivity index (χ0n) is 18.1. The van der Waals surface area contributed by atoms with Gasteiger partial charge in [0.1, 0.15) is 6.04 Å². The first-order valence-corrected chi connectivity index (χ1v) is 10.9. The molecule has 30 heavy (non-hydrogen) atoms. The third kappa shape index (κ3) is 5.69. The SMILES string of the molecule is CCCCN(C)CCCNC(=O)C[C@H](C(=O)N1CCc2ccccc21)n1ccnc1. The maximum atomic E-state index is 13.4. The minimum Gasteiger partial charge on any atom is -0.356 e. The number of anilines is 1. The van der Waals surface area contributed by atoms with Gasteiger partial charge in [0.2, 0.25) is 5.91 Å². The lowest BCUT2D eigenvalue weighted by Gasteiger charge is -2.25. The van der Waals surface area contributed by atoms with Crippen molar-refractivity contribution in [2.75, 3.05) is 38.1 Å². The number of imidazole rings is 1. The summed E-state index contributed by atoms with van der Waals surface area (Å²) in [6.07, 6.45) is 9.23. The highest BCUT2D eigenvalue weighted by Gasteiger charge is 2.32. The Kier molecular flexibility index (Phi) is 8.02. The average Bonchev–Trinajstić information content (AvgIpc) is 3.43. The van der Waals surface area contributed by atoms with Crippen molar-refractivity contribution in [2.24, 2.45) is 0 Å². The van der Waals surface area contributed by atoms with E-state index in [4.69, 9.17) is 0 Å². The van der Waals surface area contributed by atoms with Crippen molar-refractivity contribution in [3.63, 3.8) is 0 Å². The highest BCUT2D eigenvalue weighted by molar-refractivity contribution is 6.00. The fraction of sp³-hybridized carbons (Fsp3) is 0.522. The van der Waals surface area contributed by atoms with Crippen LogP contribution in [0.2, 0.25) is 0 Å². The first-order valence-electron chi connectivity index (χ1n) is 10.9. The van der Waals surface area contributed by atoms with Crippen molar-refractivity contribution in [3.05, 3.63) is 48.5 Å². The van der Waals surface area contributed by atoms with Crippen LogP contribution in [0.5, 0.6) is 0 Å². The van der Waals surface area contributed by atoms with Gasteiger partial charge in [0.25, 0.3) is 5.91 Å². The van der Waals surface area contributed by atoms with Crippen molar-refractivity contribution in [1.82, 2.24) is 19.8 Å². The van der Waals surface area contributed by atoms with E-state index in [2.05, 4.69) is 35.2 Å². The predicted molar refractivity (Wildman–Crippen MR) is 118 cm³/mol. The maximum Gasteiger partial charge on any atom is 0.250 e. The lowest BCUT2D eigenvalue weighted by Crippen LogP contribution is -2.39. The molecule has 0 saturated carbocycles. The summed E-state index contributed by atoms with van der Waals surface area (Å²) in [5.74, 6) is -0.168. The third-order valence-electron chi connectivity index (χ3n) is 5.63. The Morgan fingerprint density at radius 3 is 2.80 bits per heavy atom. The summed E-state index contributed by atoms with van der Waals surface area (Å²) in [7, 11) is 2.11. The largest absolute Gasteiger partial charge is 0.356 e. The third-order valence-corrected chi connectivity index (χ3v) is 5.63. The fourth-order valence-electron chi connectivity index (χ4n) is 3.89. The van der Waals surface area contributed by atoms with Crippen molar-refractivity contribution in [2.45, 2.75) is 45.1 Å². The Bertz CT molecular complexity index is 821. The Labute approximate surface area is 179 Å². The van der Waals surface area contributed by atoms with Gasteiger partial charge >= 0.3 is 0 Å². The van der Waals surface area contributed by atoms with E-state index >= 15 is 0 Å². The maximum absolute atomic E-state index is 13.4. The van der Waals surface area contributed by atoms with Crippen LogP contribution in [0, 0.1) is 0 Å². The monoisotopic (exact) mass is 411 g/mol. The highest BCUT2D eigenvalue weighted by Crippen LogP contribution is 2.30. The number of unbranched alkanes of at least 4 members (excludes halogenated alkanes) is 1. The summed E-state index contributed by atoms with van der Waals surface area (Å²) in [5, 5.41) is 2.98. The molecule has 2 heterocycles. The van der Waals surface area contributed by atoms with Crippen LogP contribution >= 0.6 is 0 Å². The molecule has 1 atom stereocenters. The van der Waals surface area contributed by atoms with E-state index in [1.807, 2.05) is 18.2 Å². The minimum atomic E-state index is -0.592. The van der Waals surface area contributed by atoms with E-state index in [9.17, 15) is 9.59 Å². The number of hydrogen-bond acceptors (Lipinski definition) is 4. The van der Waals surface area contributed by atoms with Gasteiger partial charge in [0, 0.05) is 31.2 Å². The Hall–Kier alpha value is -2.67. The number of nitrogens with one attached hydrogen (secondary N) is 1. The molecule has 0 fully saturated rings. The van der Waals surface area contributed by atoms with Crippen LogP contribution in [0.4, 0.5) is 5.69 Å². The molecule has 0 aliphatic carbocycles. The minimum absolute atomic E-state index is 0.0626. The molecular weight excluding hydrogens is 378 g/mol. The number of nitrogens with zero attached hydrogens (tertiary/aromatic N) is 4. The van der Waals surface area contributed by atoms with Crippen LogP contribution in [0.25, 0.3) is 0 Å². The first kappa shape index (κ1) is 22.0. The molecule has 0 spiro atoms. The normalized spacial score (nSPS) is 14.0. The van der Waals surface area contributed by atoms with Gasteiger partial charge in [-0.3, -0.25) is 9.59 Å². The molecule has 2 aromatic rings. The summed E-state index contributed by atoms with van der Waals surface area (Å²) in [6.45, 7) is 5.49. The molecule has 7 heteroatoms. The second-order valence-electron chi connectivity index (χ2n) is 7.96. The van der Waals surface area contributed by atoms with E-state index in [-0.39, 0.29) is 18.2 Å². The van der Waals surface area contributed by atoms with Crippen molar-refractivity contribution >= 4 is 17.5 Å². The Morgan fingerprint density at radius 1 is 1.23 bits per heavy atom. The number of para-hydroxylation sites is 1. The highest BCUT2D eigenvalue weighted by atomic mass is 16.2. The molecule has 0 radical (unpaired) electrons. The molecule has 1 aliphatic heterocycles. The van der Waals surface area contributed by atoms with Gasteiger partial charge in [-0.1, -0.05) is 31.5 Å². The number of benzene rings is 1. The fourth-order valence-corrected chi connectivity index (χ4v) is 3.89. The molecule has 7 nitrogen and oxygen atoms in total. The number of carbonyl (C=O) groups is 2. The van der Waals surface area contributed by atoms with Gasteiger partial charge in [-0.15, -0.1) is 0 Å². The molecular formula is C23H33N5O2. The van der Waals surface area contributed by atoms with Gasteiger partial charge in [-0.25, -0.2) is 4.98 Å². The van der Waals surface area contributed by atoms with Crippen molar-refractivity contribution < 1.29 is 9.59 Å². The average molecular weight is 412 g/mol. The van der Waals surface area contributed by atoms with Crippen LogP contribution in [-0.4, -0.2) is 59.5 Å². The summed E-state index contributed by atoms with van der Waals surface area (Å²) >= 11 is 0. The van der Waals surface area contributed by atoms with E-state index in [1.165, 1.54) is 18.4 Å². The number of hydrogen-bond donors (Lipinski definition) is 1. The van der Waals surface area contributed by atoms with Gasteiger partial charge in [-0.05, 0) is 51.0 Å². The van der Waals surface area contributed by atoms with Gasteiger partial charge in [0.15, 0.2) is 0 Å². The zero-order chi connectivity index (χ0) is 21.3. The molecule has 2 amide bonds. The standard InChI is InChI=1S/C23H33N5O2/c1-3-4-13-26(2)14-7-11-25-22(29)17-21(27-16-12-24-18-27)23(30)28-15-10-19-8-5-6-9-20(19)28/h5-6,8-9,12,16,18,21H,3-4,7,10-11,13-15,17H2,1-2H3,(H,25,29)/t21-/m1/s1. The van der Waals surface area contributed by atoms with Crippen molar-refractivity contribution in [1.29, 1.82) is 0 Å². The van der Waals surface area contributed by atoms with Crippen LogP contribution < -0.4 is 10.2 Å². The van der Waals surface area contributed by atoms with Gasteiger partial charge in [-0.2, -0.15) is 0 Å². The lowest BCUT2D eigenvalue weighted by molar-refractivity contribution is -0.128. The smallest absolute Gasteiger partial charge is 0.250 e. The second-order valence-corrected chi connectivity index (χ2v) is 7.96. The van der Waals surface area contributed by atoms with Crippen LogP contribution in [0.1, 0.15) is 44.2 Å². The summed E-state index contributed by atoms with van der Waals surface area (Å²) in [6, 6.07) is 7.37. The van der Waals surface area contributed by atoms with E-state index in [1.54, 1.807) is 28.2 Å². The van der Waals surface area contributed by atoms with Crippen LogP contribution in [0.15, 0.2) is 43.0 Å². The molecule has 1 aromatic heterocycles. The molecule has 3 rings (SSSR count). The van der Waals surface area contributed by atoms with E-state index in [0.717, 1.165) is 31.6 Å². The molecule has 162 valence electrons. The number of aromatic nitrogens is 2. The molecule has 0 saturated heterocycles. The van der Waals surface area contributed by atoms with Gasteiger partial charge in [0.05, 0.1) is 12.7 Å². The summed E-state index contributed by atoms with van der Waals surface area (Å²) in [4.78, 5) is 34.1. The molecule has 0 bridgehead atoms. The summed E-state index contributed by atoms with van der Waals surface area (Å²) < 4.78 is 1.74. The topological polar surface area (TPSA) is 70.5 Å². The first-order chi connectivity index (χ1) is 14.6. The van der Waals surface area contributed by atoms with E-state index < -0.39 is 6.04 Å². The van der Waals surface area contributed by atoms with Crippen LogP contribution in [-0.2, 0) is 16.0 Å². The number of carbonyl (C=O) groups excluding carboxylic acids is 2. The lowest BCUT2D eigenvalue weighted by atomic mass is 10.1. The predicted octanol–water partition coefficient (Wildman–Crippen LogP) is 2.64. The number of fused-ring (bicyclic) bond motifs is 1. The zero-order valence-corrected chi connectivity index (χ0v) is 18.1. The Balaban J connectivity index is 1.56. The second kappa shape index (κ2) is 10.9. The molecule has 1 N–H and O–H groups in total. The number of amides is 2. The van der Waals surface area contributed by atoms with E-state index in [0.29, 0.717) is 13.1 Å². The van der Waals surface area contributed by atoms with Gasteiger partial charge < -0.3 is 19.7 Å². The summed E-state index contributed by atoms with van der Waals surface area (Å²) in [5.41, 5.74) is 2.12.